The van der Waals surface area contributed by atoms with Crippen LogP contribution in [-0.2, 0) is 6.54 Å². The Morgan fingerprint density at radius 3 is 2.40 bits per heavy atom. The summed E-state index contributed by atoms with van der Waals surface area (Å²) in [5, 5.41) is 12.4. The summed E-state index contributed by atoms with van der Waals surface area (Å²) in [6.07, 6.45) is 0. The molecular formula is C17H18N2O. The molecule has 0 bridgehead atoms. The molecule has 2 aromatic rings. The molecule has 3 heteroatoms. The van der Waals surface area contributed by atoms with Gasteiger partial charge in [0.2, 0.25) is 0 Å². The number of aryl methyl sites for hydroxylation is 2. The highest BCUT2D eigenvalue weighted by molar-refractivity contribution is 5.50. The van der Waals surface area contributed by atoms with Crippen LogP contribution in [0, 0.1) is 25.2 Å². The number of anilines is 1. The van der Waals surface area contributed by atoms with Crippen molar-refractivity contribution in [2.24, 2.45) is 0 Å². The molecule has 0 atom stereocenters. The van der Waals surface area contributed by atoms with Gasteiger partial charge in [-0.05, 0) is 54.8 Å². The second-order valence-corrected chi connectivity index (χ2v) is 4.88. The lowest BCUT2D eigenvalue weighted by Crippen LogP contribution is -2.01. The lowest BCUT2D eigenvalue weighted by atomic mass is 10.1. The van der Waals surface area contributed by atoms with Crippen LogP contribution in [0.2, 0.25) is 0 Å². The lowest BCUT2D eigenvalue weighted by Gasteiger charge is -2.10. The summed E-state index contributed by atoms with van der Waals surface area (Å²) in [5.41, 5.74) is 5.23. The molecular weight excluding hydrogens is 248 g/mol. The van der Waals surface area contributed by atoms with Crippen LogP contribution in [0.15, 0.2) is 36.4 Å². The summed E-state index contributed by atoms with van der Waals surface area (Å²) < 4.78 is 5.22. The zero-order valence-corrected chi connectivity index (χ0v) is 12.0. The standard InChI is InChI=1S/C17H18N2O/c1-12-6-13(2)8-16(7-12)19-11-14-4-5-15(10-18)17(9-14)20-3/h4-9,19H,11H2,1-3H3. The van der Waals surface area contributed by atoms with E-state index in [9.17, 15) is 0 Å². The smallest absolute Gasteiger partial charge is 0.136 e. The first-order chi connectivity index (χ1) is 9.62. The van der Waals surface area contributed by atoms with Crippen molar-refractivity contribution >= 4 is 5.69 Å². The third-order valence-electron chi connectivity index (χ3n) is 3.10. The predicted octanol–water partition coefficient (Wildman–Crippen LogP) is 3.80. The Labute approximate surface area is 119 Å². The van der Waals surface area contributed by atoms with E-state index < -0.39 is 0 Å². The first-order valence-electron chi connectivity index (χ1n) is 6.51. The molecule has 0 aliphatic rings. The van der Waals surface area contributed by atoms with Crippen LogP contribution in [0.25, 0.3) is 0 Å². The zero-order valence-electron chi connectivity index (χ0n) is 12.0. The van der Waals surface area contributed by atoms with Gasteiger partial charge in [-0.2, -0.15) is 5.26 Å². The Bertz CT molecular complexity index is 636. The fourth-order valence-electron chi connectivity index (χ4n) is 2.22. The quantitative estimate of drug-likeness (QED) is 0.915. The molecule has 0 aromatic heterocycles. The van der Waals surface area contributed by atoms with Gasteiger partial charge in [-0.15, -0.1) is 0 Å². The second kappa shape index (κ2) is 6.12. The van der Waals surface area contributed by atoms with Gasteiger partial charge in [-0.25, -0.2) is 0 Å². The minimum absolute atomic E-state index is 0.558. The third kappa shape index (κ3) is 3.30. The van der Waals surface area contributed by atoms with Crippen molar-refractivity contribution in [1.29, 1.82) is 5.26 Å². The van der Waals surface area contributed by atoms with E-state index in [4.69, 9.17) is 10.00 Å². The average Bonchev–Trinajstić information content (AvgIpc) is 2.43. The maximum Gasteiger partial charge on any atom is 0.136 e. The molecule has 0 radical (unpaired) electrons. The Kier molecular flexibility index (Phi) is 4.27. The van der Waals surface area contributed by atoms with Gasteiger partial charge in [0.25, 0.3) is 0 Å². The van der Waals surface area contributed by atoms with E-state index in [0.717, 1.165) is 11.3 Å². The molecule has 102 valence electrons. The van der Waals surface area contributed by atoms with Crippen LogP contribution in [0.4, 0.5) is 5.69 Å². The number of ether oxygens (including phenoxy) is 1. The molecule has 1 N–H and O–H groups in total. The van der Waals surface area contributed by atoms with Gasteiger partial charge in [-0.3, -0.25) is 0 Å². The van der Waals surface area contributed by atoms with E-state index in [2.05, 4.69) is 43.4 Å². The number of nitrogens with one attached hydrogen (secondary N) is 1. The topological polar surface area (TPSA) is 45.0 Å². The number of hydrogen-bond acceptors (Lipinski definition) is 3. The predicted molar refractivity (Wildman–Crippen MR) is 81.0 cm³/mol. The third-order valence-corrected chi connectivity index (χ3v) is 3.10. The second-order valence-electron chi connectivity index (χ2n) is 4.88. The monoisotopic (exact) mass is 266 g/mol. The first-order valence-corrected chi connectivity index (χ1v) is 6.51. The van der Waals surface area contributed by atoms with Gasteiger partial charge in [0, 0.05) is 12.2 Å². The molecule has 2 aromatic carbocycles. The minimum Gasteiger partial charge on any atom is -0.495 e. The van der Waals surface area contributed by atoms with Crippen LogP contribution >= 0.6 is 0 Å². The SMILES string of the molecule is COc1cc(CNc2cc(C)cc(C)c2)ccc1C#N. The highest BCUT2D eigenvalue weighted by atomic mass is 16.5. The van der Waals surface area contributed by atoms with Crippen LogP contribution in [-0.4, -0.2) is 7.11 Å². The van der Waals surface area contributed by atoms with Crippen LogP contribution < -0.4 is 10.1 Å². The van der Waals surface area contributed by atoms with E-state index in [1.807, 2.05) is 12.1 Å². The maximum atomic E-state index is 8.96. The minimum atomic E-state index is 0.558. The fourth-order valence-corrected chi connectivity index (χ4v) is 2.22. The van der Waals surface area contributed by atoms with Crippen LogP contribution in [0.5, 0.6) is 5.75 Å². The number of nitrogens with zero attached hydrogens (tertiary/aromatic N) is 1. The number of rotatable bonds is 4. The summed E-state index contributed by atoms with van der Waals surface area (Å²) in [6, 6.07) is 14.1. The molecule has 0 aliphatic heterocycles. The number of methoxy groups -OCH3 is 1. The van der Waals surface area contributed by atoms with Crippen molar-refractivity contribution in [3.8, 4) is 11.8 Å². The lowest BCUT2D eigenvalue weighted by molar-refractivity contribution is 0.413. The van der Waals surface area contributed by atoms with Crippen molar-refractivity contribution in [3.05, 3.63) is 58.7 Å². The number of benzene rings is 2. The van der Waals surface area contributed by atoms with Crippen molar-refractivity contribution < 1.29 is 4.74 Å². The Morgan fingerprint density at radius 2 is 1.80 bits per heavy atom. The van der Waals surface area contributed by atoms with Gasteiger partial charge < -0.3 is 10.1 Å². The molecule has 0 saturated carbocycles. The molecule has 0 heterocycles. The highest BCUT2D eigenvalue weighted by Crippen LogP contribution is 2.20. The summed E-state index contributed by atoms with van der Waals surface area (Å²) in [7, 11) is 1.58. The van der Waals surface area contributed by atoms with Crippen LogP contribution in [0.1, 0.15) is 22.3 Å². The molecule has 0 unspecified atom stereocenters. The van der Waals surface area contributed by atoms with E-state index in [1.165, 1.54) is 11.1 Å². The molecule has 0 aliphatic carbocycles. The van der Waals surface area contributed by atoms with E-state index in [0.29, 0.717) is 17.9 Å². The summed E-state index contributed by atoms with van der Waals surface area (Å²) in [5.74, 6) is 0.618. The zero-order chi connectivity index (χ0) is 14.5. The van der Waals surface area contributed by atoms with Gasteiger partial charge in [-0.1, -0.05) is 12.1 Å². The molecule has 0 amide bonds. The average molecular weight is 266 g/mol. The normalized spacial score (nSPS) is 9.90. The van der Waals surface area contributed by atoms with Gasteiger partial charge >= 0.3 is 0 Å². The van der Waals surface area contributed by atoms with Gasteiger partial charge in [0.15, 0.2) is 0 Å². The summed E-state index contributed by atoms with van der Waals surface area (Å²) in [6.45, 7) is 4.87. The van der Waals surface area contributed by atoms with Crippen molar-refractivity contribution in [3.63, 3.8) is 0 Å². The molecule has 0 fully saturated rings. The molecule has 0 saturated heterocycles. The van der Waals surface area contributed by atoms with Crippen molar-refractivity contribution in [2.45, 2.75) is 20.4 Å². The van der Waals surface area contributed by atoms with Gasteiger partial charge in [0.1, 0.15) is 11.8 Å². The molecule has 0 spiro atoms. The van der Waals surface area contributed by atoms with Crippen LogP contribution in [0.3, 0.4) is 0 Å². The maximum absolute atomic E-state index is 8.96. The van der Waals surface area contributed by atoms with E-state index in [1.54, 1.807) is 13.2 Å². The summed E-state index contributed by atoms with van der Waals surface area (Å²) >= 11 is 0. The number of hydrogen-bond donors (Lipinski definition) is 1. The fraction of sp³-hybridized carbons (Fsp3) is 0.235. The highest BCUT2D eigenvalue weighted by Gasteiger charge is 2.04. The largest absolute Gasteiger partial charge is 0.495 e. The Balaban J connectivity index is 2.13. The van der Waals surface area contributed by atoms with Crippen molar-refractivity contribution in [2.75, 3.05) is 12.4 Å². The Morgan fingerprint density at radius 1 is 1.10 bits per heavy atom. The van der Waals surface area contributed by atoms with Gasteiger partial charge in [0.05, 0.1) is 12.7 Å². The Hall–Kier alpha value is -2.47. The van der Waals surface area contributed by atoms with E-state index >= 15 is 0 Å². The molecule has 20 heavy (non-hydrogen) atoms. The number of nitriles is 1. The van der Waals surface area contributed by atoms with E-state index in [-0.39, 0.29) is 0 Å². The first kappa shape index (κ1) is 14.0. The molecule has 2 rings (SSSR count). The summed E-state index contributed by atoms with van der Waals surface area (Å²) in [4.78, 5) is 0. The molecule has 3 nitrogen and oxygen atoms in total. The van der Waals surface area contributed by atoms with Crippen molar-refractivity contribution in [1.82, 2.24) is 0 Å².